The first-order valence-electron chi connectivity index (χ1n) is 7.55. The van der Waals surface area contributed by atoms with Gasteiger partial charge in [-0.3, -0.25) is 0 Å². The highest BCUT2D eigenvalue weighted by molar-refractivity contribution is 5.54. The topological polar surface area (TPSA) is 49.0 Å². The van der Waals surface area contributed by atoms with E-state index < -0.39 is 0 Å². The van der Waals surface area contributed by atoms with Crippen molar-refractivity contribution in [1.29, 1.82) is 0 Å². The Kier molecular flexibility index (Phi) is 4.51. The molecule has 2 unspecified atom stereocenters. The molecule has 0 radical (unpaired) electrons. The summed E-state index contributed by atoms with van der Waals surface area (Å²) in [5, 5.41) is 3.57. The highest BCUT2D eigenvalue weighted by atomic mass is 16.6. The summed E-state index contributed by atoms with van der Waals surface area (Å²) in [6.07, 6.45) is 1.14. The van der Waals surface area contributed by atoms with Gasteiger partial charge in [-0.2, -0.15) is 0 Å². The Morgan fingerprint density at radius 3 is 2.90 bits per heavy atom. The maximum atomic E-state index is 5.66. The second kappa shape index (κ2) is 6.54. The van der Waals surface area contributed by atoms with Gasteiger partial charge < -0.3 is 24.3 Å². The fraction of sp³-hybridized carbons (Fsp3) is 0.625. The van der Waals surface area contributed by atoms with Crippen molar-refractivity contribution in [3.8, 4) is 17.2 Å². The molecule has 0 spiro atoms. The first-order valence-corrected chi connectivity index (χ1v) is 7.55. The molecular formula is C16H23NO4. The van der Waals surface area contributed by atoms with E-state index in [0.717, 1.165) is 43.2 Å². The van der Waals surface area contributed by atoms with E-state index in [1.54, 1.807) is 7.11 Å². The van der Waals surface area contributed by atoms with Crippen LogP contribution in [0.15, 0.2) is 12.1 Å². The predicted molar refractivity (Wildman–Crippen MR) is 79.2 cm³/mol. The number of nitrogens with one attached hydrogen (secondary N) is 1. The molecule has 21 heavy (non-hydrogen) atoms. The molecule has 1 aromatic rings. The third-order valence-electron chi connectivity index (χ3n) is 4.19. The van der Waals surface area contributed by atoms with Crippen LogP contribution < -0.4 is 19.5 Å². The monoisotopic (exact) mass is 293 g/mol. The Morgan fingerprint density at radius 1 is 1.29 bits per heavy atom. The van der Waals surface area contributed by atoms with E-state index in [1.807, 2.05) is 12.1 Å². The van der Waals surface area contributed by atoms with E-state index in [-0.39, 0.29) is 0 Å². The van der Waals surface area contributed by atoms with Crippen molar-refractivity contribution in [3.63, 3.8) is 0 Å². The van der Waals surface area contributed by atoms with Crippen molar-refractivity contribution in [2.75, 3.05) is 33.5 Å². The van der Waals surface area contributed by atoms with Crippen LogP contribution in [0.5, 0.6) is 17.2 Å². The lowest BCUT2D eigenvalue weighted by Gasteiger charge is -2.23. The van der Waals surface area contributed by atoms with Crippen LogP contribution >= 0.6 is 0 Å². The Morgan fingerprint density at radius 2 is 2.14 bits per heavy atom. The van der Waals surface area contributed by atoms with Gasteiger partial charge in [0.1, 0.15) is 13.2 Å². The molecule has 0 aromatic heterocycles. The minimum Gasteiger partial charge on any atom is -0.493 e. The zero-order valence-corrected chi connectivity index (χ0v) is 12.7. The number of rotatable bonds is 5. The number of benzene rings is 1. The normalized spacial score (nSPS) is 22.1. The highest BCUT2D eigenvalue weighted by Gasteiger charge is 2.22. The van der Waals surface area contributed by atoms with Gasteiger partial charge in [-0.25, -0.2) is 0 Å². The van der Waals surface area contributed by atoms with Crippen molar-refractivity contribution < 1.29 is 18.9 Å². The first kappa shape index (κ1) is 14.5. The van der Waals surface area contributed by atoms with Crippen molar-refractivity contribution in [2.24, 2.45) is 5.92 Å². The number of fused-ring (bicyclic) bond motifs is 1. The van der Waals surface area contributed by atoms with E-state index in [1.165, 1.54) is 0 Å². The maximum Gasteiger partial charge on any atom is 0.203 e. The highest BCUT2D eigenvalue weighted by Crippen LogP contribution is 2.40. The van der Waals surface area contributed by atoms with Gasteiger partial charge in [0, 0.05) is 19.2 Å². The van der Waals surface area contributed by atoms with Crippen LogP contribution in [0.4, 0.5) is 0 Å². The van der Waals surface area contributed by atoms with E-state index in [9.17, 15) is 0 Å². The van der Waals surface area contributed by atoms with E-state index >= 15 is 0 Å². The van der Waals surface area contributed by atoms with Crippen molar-refractivity contribution >= 4 is 0 Å². The second-order valence-corrected chi connectivity index (χ2v) is 5.62. The molecule has 1 aromatic carbocycles. The van der Waals surface area contributed by atoms with Gasteiger partial charge in [0.25, 0.3) is 0 Å². The van der Waals surface area contributed by atoms with E-state index in [0.29, 0.717) is 30.9 Å². The number of methoxy groups -OCH3 is 1. The lowest BCUT2D eigenvalue weighted by molar-refractivity contribution is 0.164. The molecule has 5 nitrogen and oxygen atoms in total. The van der Waals surface area contributed by atoms with E-state index in [2.05, 4.69) is 12.2 Å². The van der Waals surface area contributed by atoms with Gasteiger partial charge in [-0.05, 0) is 37.0 Å². The fourth-order valence-electron chi connectivity index (χ4n) is 2.82. The molecule has 2 aliphatic heterocycles. The smallest absolute Gasteiger partial charge is 0.203 e. The van der Waals surface area contributed by atoms with Gasteiger partial charge in [0.15, 0.2) is 11.5 Å². The number of hydrogen-bond acceptors (Lipinski definition) is 5. The van der Waals surface area contributed by atoms with E-state index in [4.69, 9.17) is 18.9 Å². The minimum absolute atomic E-state index is 0.437. The molecule has 0 amide bonds. The fourth-order valence-corrected chi connectivity index (χ4v) is 2.82. The van der Waals surface area contributed by atoms with Crippen LogP contribution in [0.3, 0.4) is 0 Å². The molecule has 3 rings (SSSR count). The average Bonchev–Trinajstić information content (AvgIpc) is 3.06. The van der Waals surface area contributed by atoms with Gasteiger partial charge in [-0.1, -0.05) is 0 Å². The Bertz CT molecular complexity index is 468. The largest absolute Gasteiger partial charge is 0.493 e. The van der Waals surface area contributed by atoms with Crippen LogP contribution in [-0.2, 0) is 11.3 Å². The van der Waals surface area contributed by atoms with Crippen molar-refractivity contribution in [2.45, 2.75) is 25.9 Å². The zero-order chi connectivity index (χ0) is 14.7. The third kappa shape index (κ3) is 3.24. The van der Waals surface area contributed by atoms with Gasteiger partial charge in [0.2, 0.25) is 5.75 Å². The number of ether oxygens (including phenoxy) is 4. The van der Waals surface area contributed by atoms with Crippen LogP contribution in [0.1, 0.15) is 18.9 Å². The summed E-state index contributed by atoms with van der Waals surface area (Å²) in [6.45, 7) is 5.90. The summed E-state index contributed by atoms with van der Waals surface area (Å²) in [5.41, 5.74) is 1.14. The van der Waals surface area contributed by atoms with Crippen molar-refractivity contribution in [1.82, 2.24) is 5.32 Å². The molecule has 2 atom stereocenters. The lowest BCUT2D eigenvalue weighted by Crippen LogP contribution is -2.33. The lowest BCUT2D eigenvalue weighted by atomic mass is 10.0. The minimum atomic E-state index is 0.437. The summed E-state index contributed by atoms with van der Waals surface area (Å²) in [4.78, 5) is 0. The molecule has 116 valence electrons. The molecular weight excluding hydrogens is 270 g/mol. The standard InChI is InChI=1S/C16H23NO4/c1-11(13-3-4-19-10-13)17-9-12-7-14(18-2)16-15(8-12)20-5-6-21-16/h7-8,11,13,17H,3-6,9-10H2,1-2H3. The SMILES string of the molecule is COc1cc(CNC(C)C2CCOC2)cc2c1OCCO2. The summed E-state index contributed by atoms with van der Waals surface area (Å²) >= 11 is 0. The molecule has 0 aliphatic carbocycles. The Labute approximate surface area is 125 Å². The van der Waals surface area contributed by atoms with Crippen LogP contribution in [0.2, 0.25) is 0 Å². The predicted octanol–water partition coefficient (Wildman–Crippen LogP) is 1.98. The van der Waals surface area contributed by atoms with Crippen LogP contribution in [0.25, 0.3) is 0 Å². The summed E-state index contributed by atoms with van der Waals surface area (Å²) < 4.78 is 22.1. The van der Waals surface area contributed by atoms with Gasteiger partial charge >= 0.3 is 0 Å². The van der Waals surface area contributed by atoms with Crippen molar-refractivity contribution in [3.05, 3.63) is 17.7 Å². The Hall–Kier alpha value is -1.46. The third-order valence-corrected chi connectivity index (χ3v) is 4.19. The second-order valence-electron chi connectivity index (χ2n) is 5.62. The average molecular weight is 293 g/mol. The summed E-state index contributed by atoms with van der Waals surface area (Å²) in [6, 6.07) is 4.48. The molecule has 1 N–H and O–H groups in total. The van der Waals surface area contributed by atoms with Gasteiger partial charge in [0.05, 0.1) is 13.7 Å². The first-order chi connectivity index (χ1) is 10.3. The van der Waals surface area contributed by atoms with Crippen LogP contribution in [0, 0.1) is 5.92 Å². The van der Waals surface area contributed by atoms with Crippen LogP contribution in [-0.4, -0.2) is 39.6 Å². The molecule has 2 aliphatic rings. The number of hydrogen-bond donors (Lipinski definition) is 1. The molecule has 1 fully saturated rings. The molecule has 5 heteroatoms. The summed E-state index contributed by atoms with van der Waals surface area (Å²) in [5.74, 6) is 2.82. The molecule has 0 saturated carbocycles. The molecule has 2 heterocycles. The summed E-state index contributed by atoms with van der Waals surface area (Å²) in [7, 11) is 1.66. The quantitative estimate of drug-likeness (QED) is 0.899. The molecule has 1 saturated heterocycles. The molecule has 0 bridgehead atoms. The van der Waals surface area contributed by atoms with Gasteiger partial charge in [-0.15, -0.1) is 0 Å². The Balaban J connectivity index is 1.67. The zero-order valence-electron chi connectivity index (χ0n) is 12.7. The maximum absolute atomic E-state index is 5.66.